The molecule has 2 aromatic rings. The lowest BCUT2D eigenvalue weighted by molar-refractivity contribution is -0.113. The van der Waals surface area contributed by atoms with E-state index in [9.17, 15) is 17.6 Å². The normalized spacial score (nSPS) is 11.5. The van der Waals surface area contributed by atoms with Crippen LogP contribution in [-0.4, -0.2) is 38.5 Å². The quantitative estimate of drug-likeness (QED) is 0.796. The van der Waals surface area contributed by atoms with Crippen LogP contribution in [0.25, 0.3) is 0 Å². The van der Waals surface area contributed by atoms with Gasteiger partial charge in [-0.2, -0.15) is 0 Å². The molecule has 0 heterocycles. The molecule has 1 amide bonds. The molecule has 0 saturated carbocycles. The zero-order valence-electron chi connectivity index (χ0n) is 13.2. The lowest BCUT2D eigenvalue weighted by Gasteiger charge is -2.12. The fraction of sp³-hybridized carbons (Fsp3) is 0.188. The molecular formula is C16H17FN2O3S2. The topological polar surface area (TPSA) is 66.5 Å². The maximum absolute atomic E-state index is 13.5. The smallest absolute Gasteiger partial charge is 0.242 e. The van der Waals surface area contributed by atoms with Crippen LogP contribution >= 0.6 is 11.8 Å². The molecule has 2 rings (SSSR count). The predicted octanol–water partition coefficient (Wildman–Crippen LogP) is 2.81. The van der Waals surface area contributed by atoms with Crippen molar-refractivity contribution in [3.8, 4) is 0 Å². The Hall–Kier alpha value is -1.90. The van der Waals surface area contributed by atoms with E-state index in [0.29, 0.717) is 10.6 Å². The van der Waals surface area contributed by atoms with Crippen LogP contribution in [0.1, 0.15) is 0 Å². The fourth-order valence-corrected chi connectivity index (χ4v) is 3.46. The van der Waals surface area contributed by atoms with Crippen LogP contribution in [0.15, 0.2) is 58.3 Å². The van der Waals surface area contributed by atoms with Crippen molar-refractivity contribution in [3.63, 3.8) is 0 Å². The number of rotatable bonds is 6. The summed E-state index contributed by atoms with van der Waals surface area (Å²) < 4.78 is 38.5. The summed E-state index contributed by atoms with van der Waals surface area (Å²) in [5, 5.41) is 2.65. The van der Waals surface area contributed by atoms with Gasteiger partial charge in [-0.3, -0.25) is 4.79 Å². The average molecular weight is 368 g/mol. The van der Waals surface area contributed by atoms with E-state index in [4.69, 9.17) is 0 Å². The summed E-state index contributed by atoms with van der Waals surface area (Å²) in [4.78, 5) is 12.5. The molecule has 0 fully saturated rings. The predicted molar refractivity (Wildman–Crippen MR) is 93.1 cm³/mol. The van der Waals surface area contributed by atoms with Gasteiger partial charge in [0.05, 0.1) is 10.6 Å². The first kappa shape index (κ1) is 18.4. The minimum atomic E-state index is -3.50. The van der Waals surface area contributed by atoms with E-state index in [0.717, 1.165) is 16.1 Å². The van der Waals surface area contributed by atoms with Crippen molar-refractivity contribution >= 4 is 33.4 Å². The second-order valence-electron chi connectivity index (χ2n) is 5.08. The van der Waals surface area contributed by atoms with E-state index in [1.165, 1.54) is 44.4 Å². The highest BCUT2D eigenvalue weighted by Crippen LogP contribution is 2.22. The standard InChI is InChI=1S/C16H17FN2O3S2/c1-19(2)24(21,22)13-9-7-12(8-10-13)18-16(20)11-23-15-6-4-3-5-14(15)17/h3-10H,11H2,1-2H3,(H,18,20). The third kappa shape index (κ3) is 4.56. The van der Waals surface area contributed by atoms with E-state index in [1.54, 1.807) is 18.2 Å². The summed E-state index contributed by atoms with van der Waals surface area (Å²) in [7, 11) is -0.600. The molecule has 2 aromatic carbocycles. The summed E-state index contributed by atoms with van der Waals surface area (Å²) in [5.74, 6) is -0.612. The van der Waals surface area contributed by atoms with E-state index >= 15 is 0 Å². The molecule has 0 aliphatic carbocycles. The van der Waals surface area contributed by atoms with Gasteiger partial charge in [0.25, 0.3) is 0 Å². The van der Waals surface area contributed by atoms with Gasteiger partial charge in [0.1, 0.15) is 5.82 Å². The molecule has 128 valence electrons. The Morgan fingerprint density at radius 2 is 1.75 bits per heavy atom. The van der Waals surface area contributed by atoms with Crippen LogP contribution in [0.4, 0.5) is 10.1 Å². The van der Waals surface area contributed by atoms with Crippen molar-refractivity contribution in [1.29, 1.82) is 0 Å². The third-order valence-corrected chi connectivity index (χ3v) is 5.99. The van der Waals surface area contributed by atoms with Gasteiger partial charge in [-0.05, 0) is 36.4 Å². The number of halogens is 1. The molecule has 1 N–H and O–H groups in total. The molecule has 0 atom stereocenters. The van der Waals surface area contributed by atoms with Gasteiger partial charge < -0.3 is 5.32 Å². The molecule has 0 saturated heterocycles. The molecule has 8 heteroatoms. The molecule has 0 bridgehead atoms. The van der Waals surface area contributed by atoms with Gasteiger partial charge in [0.2, 0.25) is 15.9 Å². The average Bonchev–Trinajstić information content (AvgIpc) is 2.54. The highest BCUT2D eigenvalue weighted by atomic mass is 32.2. The van der Waals surface area contributed by atoms with Crippen LogP contribution < -0.4 is 5.32 Å². The minimum Gasteiger partial charge on any atom is -0.325 e. The number of amides is 1. The van der Waals surface area contributed by atoms with Gasteiger partial charge in [-0.25, -0.2) is 17.1 Å². The fourth-order valence-electron chi connectivity index (χ4n) is 1.82. The Balaban J connectivity index is 1.96. The second kappa shape index (κ2) is 7.78. The van der Waals surface area contributed by atoms with Crippen molar-refractivity contribution in [2.24, 2.45) is 0 Å². The number of benzene rings is 2. The van der Waals surface area contributed by atoms with Crippen LogP contribution in [0.5, 0.6) is 0 Å². The summed E-state index contributed by atoms with van der Waals surface area (Å²) in [6, 6.07) is 12.1. The number of anilines is 1. The molecule has 0 aliphatic rings. The molecule has 0 radical (unpaired) electrons. The zero-order chi connectivity index (χ0) is 17.7. The number of nitrogens with one attached hydrogen (secondary N) is 1. The Bertz CT molecular complexity index is 821. The zero-order valence-corrected chi connectivity index (χ0v) is 14.8. The van der Waals surface area contributed by atoms with Crippen LogP contribution in [0.3, 0.4) is 0 Å². The molecule has 0 aliphatic heterocycles. The summed E-state index contributed by atoms with van der Waals surface area (Å²) in [6.45, 7) is 0. The number of hydrogen-bond donors (Lipinski definition) is 1. The van der Waals surface area contributed by atoms with E-state index in [2.05, 4.69) is 5.32 Å². The third-order valence-electron chi connectivity index (χ3n) is 3.11. The Morgan fingerprint density at radius 1 is 1.12 bits per heavy atom. The first-order valence-corrected chi connectivity index (χ1v) is 9.43. The summed E-state index contributed by atoms with van der Waals surface area (Å²) >= 11 is 1.10. The number of carbonyl (C=O) groups is 1. The van der Waals surface area contributed by atoms with Gasteiger partial charge in [0.15, 0.2) is 0 Å². The maximum Gasteiger partial charge on any atom is 0.242 e. The number of hydrogen-bond acceptors (Lipinski definition) is 4. The number of carbonyl (C=O) groups excluding carboxylic acids is 1. The summed E-state index contributed by atoms with van der Waals surface area (Å²) in [5.41, 5.74) is 0.479. The van der Waals surface area contributed by atoms with E-state index in [-0.39, 0.29) is 22.4 Å². The van der Waals surface area contributed by atoms with Crippen molar-refractivity contribution in [1.82, 2.24) is 4.31 Å². The highest BCUT2D eigenvalue weighted by Gasteiger charge is 2.16. The van der Waals surface area contributed by atoms with E-state index < -0.39 is 10.0 Å². The minimum absolute atomic E-state index is 0.0542. The van der Waals surface area contributed by atoms with Crippen LogP contribution in [0, 0.1) is 5.82 Å². The van der Waals surface area contributed by atoms with Crippen LogP contribution in [-0.2, 0) is 14.8 Å². The number of nitrogens with zero attached hydrogens (tertiary/aromatic N) is 1. The second-order valence-corrected chi connectivity index (χ2v) is 8.25. The largest absolute Gasteiger partial charge is 0.325 e. The molecule has 0 aromatic heterocycles. The number of sulfonamides is 1. The molecule has 0 spiro atoms. The van der Waals surface area contributed by atoms with Crippen molar-refractivity contribution in [3.05, 3.63) is 54.3 Å². The first-order valence-electron chi connectivity index (χ1n) is 7.00. The Labute approximate surface area is 144 Å². The highest BCUT2D eigenvalue weighted by molar-refractivity contribution is 8.00. The van der Waals surface area contributed by atoms with Gasteiger partial charge in [-0.1, -0.05) is 12.1 Å². The van der Waals surface area contributed by atoms with Gasteiger partial charge in [-0.15, -0.1) is 11.8 Å². The Kier molecular flexibility index (Phi) is 5.98. The Morgan fingerprint density at radius 3 is 2.33 bits per heavy atom. The SMILES string of the molecule is CN(C)S(=O)(=O)c1ccc(NC(=O)CSc2ccccc2F)cc1. The molecular weight excluding hydrogens is 351 g/mol. The van der Waals surface area contributed by atoms with Crippen molar-refractivity contribution in [2.75, 3.05) is 25.2 Å². The summed E-state index contributed by atoms with van der Waals surface area (Å²) in [6.07, 6.45) is 0. The van der Waals surface area contributed by atoms with Crippen LogP contribution in [0.2, 0.25) is 0 Å². The van der Waals surface area contributed by atoms with Gasteiger partial charge in [0, 0.05) is 24.7 Å². The lowest BCUT2D eigenvalue weighted by Crippen LogP contribution is -2.22. The van der Waals surface area contributed by atoms with E-state index in [1.807, 2.05) is 0 Å². The lowest BCUT2D eigenvalue weighted by atomic mass is 10.3. The monoisotopic (exact) mass is 368 g/mol. The first-order chi connectivity index (χ1) is 11.3. The molecule has 5 nitrogen and oxygen atoms in total. The molecule has 24 heavy (non-hydrogen) atoms. The van der Waals surface area contributed by atoms with Gasteiger partial charge >= 0.3 is 0 Å². The van der Waals surface area contributed by atoms with Crippen molar-refractivity contribution < 1.29 is 17.6 Å². The maximum atomic E-state index is 13.5. The number of thioether (sulfide) groups is 1. The van der Waals surface area contributed by atoms with Crippen molar-refractivity contribution in [2.45, 2.75) is 9.79 Å². The molecule has 0 unspecified atom stereocenters.